The topological polar surface area (TPSA) is 34.4 Å². The van der Waals surface area contributed by atoms with Crippen LogP contribution in [0.5, 0.6) is 0 Å². The summed E-state index contributed by atoms with van der Waals surface area (Å²) in [6.45, 7) is 3.37. The lowest BCUT2D eigenvalue weighted by atomic mass is 10.3. The Morgan fingerprint density at radius 3 is 2.86 bits per heavy atom. The molecule has 2 heterocycles. The molecular formula is C10H9ClN2O. The molecule has 0 atom stereocenters. The average Bonchev–Trinajstić information content (AvgIpc) is 2.43. The van der Waals surface area contributed by atoms with Gasteiger partial charge in [-0.3, -0.25) is 9.20 Å². The third-order valence-electron chi connectivity index (χ3n) is 2.10. The zero-order valence-electron chi connectivity index (χ0n) is 7.91. The molecule has 0 amide bonds. The summed E-state index contributed by atoms with van der Waals surface area (Å²) in [6, 6.07) is 3.65. The Bertz CT molecular complexity index is 516. The van der Waals surface area contributed by atoms with Crippen molar-refractivity contribution < 1.29 is 4.79 Å². The number of ketones is 1. The van der Waals surface area contributed by atoms with Gasteiger partial charge in [-0.05, 0) is 19.1 Å². The number of halogens is 1. The van der Waals surface area contributed by atoms with Gasteiger partial charge in [-0.15, -0.1) is 0 Å². The second kappa shape index (κ2) is 3.10. The summed E-state index contributed by atoms with van der Waals surface area (Å²) in [4.78, 5) is 15.4. The maximum Gasteiger partial charge on any atom is 0.195 e. The molecule has 0 spiro atoms. The van der Waals surface area contributed by atoms with Crippen molar-refractivity contribution in [2.45, 2.75) is 13.8 Å². The van der Waals surface area contributed by atoms with E-state index in [0.717, 1.165) is 11.2 Å². The van der Waals surface area contributed by atoms with Crippen LogP contribution in [0, 0.1) is 6.92 Å². The fourth-order valence-electron chi connectivity index (χ4n) is 1.46. The van der Waals surface area contributed by atoms with Crippen LogP contribution in [0.3, 0.4) is 0 Å². The lowest BCUT2D eigenvalue weighted by molar-refractivity contribution is 0.100. The van der Waals surface area contributed by atoms with E-state index < -0.39 is 0 Å². The molecule has 2 rings (SSSR count). The van der Waals surface area contributed by atoms with E-state index in [2.05, 4.69) is 4.98 Å². The fourth-order valence-corrected chi connectivity index (χ4v) is 1.62. The first-order chi connectivity index (χ1) is 6.59. The van der Waals surface area contributed by atoms with Crippen molar-refractivity contribution in [3.05, 3.63) is 34.9 Å². The lowest BCUT2D eigenvalue weighted by Crippen LogP contribution is -1.99. The quantitative estimate of drug-likeness (QED) is 0.675. The summed E-state index contributed by atoms with van der Waals surface area (Å²) < 4.78 is 1.72. The molecule has 0 aliphatic carbocycles. The van der Waals surface area contributed by atoms with Crippen LogP contribution in [-0.2, 0) is 0 Å². The van der Waals surface area contributed by atoms with Crippen LogP contribution < -0.4 is 0 Å². The van der Waals surface area contributed by atoms with E-state index in [-0.39, 0.29) is 5.78 Å². The smallest absolute Gasteiger partial charge is 0.195 e. The van der Waals surface area contributed by atoms with Crippen molar-refractivity contribution in [1.82, 2.24) is 9.38 Å². The van der Waals surface area contributed by atoms with E-state index in [0.29, 0.717) is 10.8 Å². The van der Waals surface area contributed by atoms with Crippen molar-refractivity contribution in [3.8, 4) is 0 Å². The Kier molecular flexibility index (Phi) is 2.04. The molecule has 4 heteroatoms. The third-order valence-corrected chi connectivity index (χ3v) is 2.32. The molecule has 0 N–H and O–H groups in total. The highest BCUT2D eigenvalue weighted by molar-refractivity contribution is 6.30. The van der Waals surface area contributed by atoms with Crippen LogP contribution in [0.4, 0.5) is 0 Å². The Labute approximate surface area is 86.3 Å². The normalized spacial score (nSPS) is 10.8. The molecule has 14 heavy (non-hydrogen) atoms. The van der Waals surface area contributed by atoms with Crippen LogP contribution in [0.15, 0.2) is 18.3 Å². The van der Waals surface area contributed by atoms with E-state index in [9.17, 15) is 4.79 Å². The van der Waals surface area contributed by atoms with E-state index in [1.807, 2.05) is 13.0 Å². The number of nitrogens with zero attached hydrogens (tertiary/aromatic N) is 2. The van der Waals surface area contributed by atoms with Gasteiger partial charge >= 0.3 is 0 Å². The highest BCUT2D eigenvalue weighted by Crippen LogP contribution is 2.16. The molecule has 2 aromatic heterocycles. The minimum atomic E-state index is -0.0598. The van der Waals surface area contributed by atoms with Gasteiger partial charge in [0, 0.05) is 13.1 Å². The number of hydrogen-bond donors (Lipinski definition) is 0. The summed E-state index contributed by atoms with van der Waals surface area (Å²) in [5, 5.41) is 0.595. The Morgan fingerprint density at radius 1 is 1.50 bits per heavy atom. The summed E-state index contributed by atoms with van der Waals surface area (Å²) >= 11 is 5.84. The minimum Gasteiger partial charge on any atom is -0.296 e. The maximum atomic E-state index is 11.3. The van der Waals surface area contributed by atoms with Gasteiger partial charge in [0.05, 0.1) is 16.2 Å². The Balaban J connectivity index is 2.85. The molecule has 0 radical (unpaired) electrons. The van der Waals surface area contributed by atoms with Gasteiger partial charge in [-0.25, -0.2) is 4.98 Å². The monoisotopic (exact) mass is 208 g/mol. The largest absolute Gasteiger partial charge is 0.296 e. The highest BCUT2D eigenvalue weighted by Gasteiger charge is 2.11. The van der Waals surface area contributed by atoms with Gasteiger partial charge in [0.2, 0.25) is 0 Å². The fraction of sp³-hybridized carbons (Fsp3) is 0.200. The number of carbonyl (C=O) groups is 1. The van der Waals surface area contributed by atoms with Crippen molar-refractivity contribution in [3.63, 3.8) is 0 Å². The van der Waals surface area contributed by atoms with Gasteiger partial charge in [-0.1, -0.05) is 11.6 Å². The van der Waals surface area contributed by atoms with Crippen LogP contribution >= 0.6 is 11.6 Å². The number of Topliss-reactive ketones (excluding diaryl/α,β-unsaturated/α-hetero) is 1. The number of aromatic nitrogens is 2. The SMILES string of the molecule is CC(=O)c1nc(C)c2ccc(Cl)cn12. The maximum absolute atomic E-state index is 11.3. The Morgan fingerprint density at radius 2 is 2.21 bits per heavy atom. The van der Waals surface area contributed by atoms with Gasteiger partial charge in [-0.2, -0.15) is 0 Å². The number of pyridine rings is 1. The summed E-state index contributed by atoms with van der Waals surface area (Å²) in [5.41, 5.74) is 1.76. The first kappa shape index (κ1) is 9.21. The molecule has 0 saturated heterocycles. The second-order valence-electron chi connectivity index (χ2n) is 3.18. The number of fused-ring (bicyclic) bond motifs is 1. The molecule has 72 valence electrons. The molecule has 0 aromatic carbocycles. The van der Waals surface area contributed by atoms with Crippen molar-refractivity contribution in [2.75, 3.05) is 0 Å². The first-order valence-corrected chi connectivity index (χ1v) is 4.62. The number of hydrogen-bond acceptors (Lipinski definition) is 2. The summed E-state index contributed by atoms with van der Waals surface area (Å²) in [7, 11) is 0. The number of imidazole rings is 1. The predicted molar refractivity (Wildman–Crippen MR) is 54.9 cm³/mol. The molecule has 0 saturated carbocycles. The average molecular weight is 209 g/mol. The van der Waals surface area contributed by atoms with Gasteiger partial charge in [0.25, 0.3) is 0 Å². The van der Waals surface area contributed by atoms with Gasteiger partial charge in [0.1, 0.15) is 0 Å². The molecule has 0 aliphatic heterocycles. The first-order valence-electron chi connectivity index (χ1n) is 4.25. The van der Waals surface area contributed by atoms with Crippen molar-refractivity contribution >= 4 is 22.9 Å². The zero-order chi connectivity index (χ0) is 10.3. The van der Waals surface area contributed by atoms with E-state index in [1.165, 1.54) is 6.92 Å². The second-order valence-corrected chi connectivity index (χ2v) is 3.62. The minimum absolute atomic E-state index is 0.0598. The summed E-state index contributed by atoms with van der Waals surface area (Å²) in [6.07, 6.45) is 1.70. The molecule has 0 unspecified atom stereocenters. The van der Waals surface area contributed by atoms with E-state index in [4.69, 9.17) is 11.6 Å². The molecule has 3 nitrogen and oxygen atoms in total. The van der Waals surface area contributed by atoms with Crippen molar-refractivity contribution in [2.24, 2.45) is 0 Å². The number of rotatable bonds is 1. The van der Waals surface area contributed by atoms with Gasteiger partial charge in [0.15, 0.2) is 11.6 Å². The standard InChI is InChI=1S/C10H9ClN2O/c1-6-9-4-3-8(11)5-13(9)10(12-6)7(2)14/h3-5H,1-2H3. The predicted octanol–water partition coefficient (Wildman–Crippen LogP) is 2.50. The number of carbonyl (C=O) groups excluding carboxylic acids is 1. The van der Waals surface area contributed by atoms with Crippen LogP contribution in [0.1, 0.15) is 23.2 Å². The Hall–Kier alpha value is -1.35. The van der Waals surface area contributed by atoms with Crippen LogP contribution in [0.25, 0.3) is 5.52 Å². The lowest BCUT2D eigenvalue weighted by Gasteiger charge is -1.97. The van der Waals surface area contributed by atoms with Gasteiger partial charge < -0.3 is 0 Å². The third kappa shape index (κ3) is 1.30. The van der Waals surface area contributed by atoms with Crippen LogP contribution in [-0.4, -0.2) is 15.2 Å². The van der Waals surface area contributed by atoms with Crippen LogP contribution in [0.2, 0.25) is 5.02 Å². The van der Waals surface area contributed by atoms with E-state index >= 15 is 0 Å². The number of aryl methyl sites for hydroxylation is 1. The van der Waals surface area contributed by atoms with Crippen molar-refractivity contribution in [1.29, 1.82) is 0 Å². The molecular weight excluding hydrogens is 200 g/mol. The molecule has 0 fully saturated rings. The molecule has 2 aromatic rings. The highest BCUT2D eigenvalue weighted by atomic mass is 35.5. The molecule has 0 aliphatic rings. The van der Waals surface area contributed by atoms with E-state index in [1.54, 1.807) is 16.7 Å². The molecule has 0 bridgehead atoms. The summed E-state index contributed by atoms with van der Waals surface area (Å²) in [5.74, 6) is 0.371. The zero-order valence-corrected chi connectivity index (χ0v) is 8.67.